The Kier molecular flexibility index (Phi) is 7.96. The van der Waals surface area contributed by atoms with Gasteiger partial charge in [-0.2, -0.15) is 4.98 Å². The number of hydrogen-bond donors (Lipinski definition) is 1. The summed E-state index contributed by atoms with van der Waals surface area (Å²) in [7, 11) is 0. The summed E-state index contributed by atoms with van der Waals surface area (Å²) in [5, 5.41) is 9.15. The van der Waals surface area contributed by atoms with Crippen LogP contribution < -0.4 is 14.8 Å². The van der Waals surface area contributed by atoms with Gasteiger partial charge in [0.15, 0.2) is 11.5 Å². The number of rotatable bonds is 10. The van der Waals surface area contributed by atoms with Gasteiger partial charge in [-0.05, 0) is 62.4 Å². The summed E-state index contributed by atoms with van der Waals surface area (Å²) in [5.74, 6) is 2.63. The van der Waals surface area contributed by atoms with Crippen molar-refractivity contribution in [3.63, 3.8) is 0 Å². The second-order valence-electron chi connectivity index (χ2n) is 7.93. The van der Waals surface area contributed by atoms with Crippen molar-refractivity contribution >= 4 is 17.2 Å². The molecule has 1 saturated heterocycles. The Balaban J connectivity index is 1.30. The fraction of sp³-hybridized carbons (Fsp3) is 0.458. The highest BCUT2D eigenvalue weighted by Gasteiger charge is 2.27. The van der Waals surface area contributed by atoms with Crippen molar-refractivity contribution in [3.05, 3.63) is 47.2 Å². The number of likely N-dealkylation sites (tertiary alicyclic amines) is 1. The predicted molar refractivity (Wildman–Crippen MR) is 126 cm³/mol. The maximum atomic E-state index is 12.9. The zero-order valence-electron chi connectivity index (χ0n) is 19.1. The van der Waals surface area contributed by atoms with Crippen LogP contribution in [0.4, 0.5) is 0 Å². The molecule has 1 amide bonds. The average Bonchev–Trinajstić information content (AvgIpc) is 3.52. The molecule has 0 radical (unpaired) electrons. The average molecular weight is 471 g/mol. The summed E-state index contributed by atoms with van der Waals surface area (Å²) in [5.41, 5.74) is 0.981. The van der Waals surface area contributed by atoms with Crippen LogP contribution in [0.15, 0.2) is 40.2 Å². The molecule has 33 heavy (non-hydrogen) atoms. The summed E-state index contributed by atoms with van der Waals surface area (Å²) in [6.07, 6.45) is 1.83. The molecule has 4 rings (SSSR count). The molecule has 1 aliphatic rings. The number of hydrogen-bond acceptors (Lipinski definition) is 8. The summed E-state index contributed by atoms with van der Waals surface area (Å²) >= 11 is 1.58. The molecule has 8 nitrogen and oxygen atoms in total. The van der Waals surface area contributed by atoms with E-state index in [1.165, 1.54) is 0 Å². The van der Waals surface area contributed by atoms with Gasteiger partial charge in [-0.1, -0.05) is 17.3 Å². The normalized spacial score (nSPS) is 16.5. The second-order valence-corrected chi connectivity index (χ2v) is 8.88. The minimum atomic E-state index is -0.0625. The Morgan fingerprint density at radius 3 is 2.88 bits per heavy atom. The van der Waals surface area contributed by atoms with E-state index >= 15 is 0 Å². The van der Waals surface area contributed by atoms with E-state index in [0.29, 0.717) is 50.3 Å². The van der Waals surface area contributed by atoms with Gasteiger partial charge in [0, 0.05) is 13.1 Å². The highest BCUT2D eigenvalue weighted by molar-refractivity contribution is 7.13. The summed E-state index contributed by atoms with van der Waals surface area (Å²) in [6, 6.07) is 9.73. The fourth-order valence-electron chi connectivity index (χ4n) is 3.97. The van der Waals surface area contributed by atoms with Gasteiger partial charge in [0.25, 0.3) is 0 Å². The molecule has 1 aliphatic heterocycles. The third kappa shape index (κ3) is 6.11. The van der Waals surface area contributed by atoms with Crippen LogP contribution in [0.25, 0.3) is 10.7 Å². The van der Waals surface area contributed by atoms with E-state index in [1.54, 1.807) is 11.3 Å². The van der Waals surface area contributed by atoms with Gasteiger partial charge in [0.05, 0.1) is 30.6 Å². The van der Waals surface area contributed by atoms with E-state index in [2.05, 4.69) is 20.4 Å². The number of nitrogens with one attached hydrogen (secondary N) is 1. The Hall–Kier alpha value is -2.91. The number of carbonyl (C=O) groups is 1. The van der Waals surface area contributed by atoms with E-state index in [9.17, 15) is 4.79 Å². The van der Waals surface area contributed by atoms with Gasteiger partial charge < -0.3 is 19.3 Å². The summed E-state index contributed by atoms with van der Waals surface area (Å²) in [6.45, 7) is 7.62. The van der Waals surface area contributed by atoms with Crippen LogP contribution in [-0.4, -0.2) is 47.3 Å². The number of ether oxygens (including phenoxy) is 2. The minimum absolute atomic E-state index is 0.0625. The van der Waals surface area contributed by atoms with Crippen molar-refractivity contribution in [2.75, 3.05) is 26.3 Å². The SMILES string of the molecule is CCOc1ccc(CNC(=O)C2CCCN(Cc3nc(-c4cccs4)no3)C2)cc1OCC. The second kappa shape index (κ2) is 11.3. The number of nitrogens with zero attached hydrogens (tertiary/aromatic N) is 3. The number of carbonyl (C=O) groups excluding carboxylic acids is 1. The molecule has 0 spiro atoms. The van der Waals surface area contributed by atoms with E-state index in [1.807, 2.05) is 49.6 Å². The van der Waals surface area contributed by atoms with Crippen molar-refractivity contribution in [3.8, 4) is 22.2 Å². The molecule has 3 heterocycles. The first-order chi connectivity index (χ1) is 16.2. The third-order valence-corrected chi connectivity index (χ3v) is 6.39. The van der Waals surface area contributed by atoms with E-state index in [4.69, 9.17) is 14.0 Å². The van der Waals surface area contributed by atoms with Crippen LogP contribution in [0.1, 0.15) is 38.1 Å². The number of benzene rings is 1. The standard InChI is InChI=1S/C24H30N4O4S/c1-3-30-19-10-9-17(13-20(19)31-4-2)14-25-24(29)18-7-5-11-28(15-18)16-22-26-23(27-32-22)21-8-6-12-33-21/h6,8-10,12-13,18H,3-5,7,11,14-16H2,1-2H3,(H,25,29). The molecule has 1 atom stereocenters. The fourth-order valence-corrected chi connectivity index (χ4v) is 4.62. The number of piperidine rings is 1. The Morgan fingerprint density at radius 1 is 1.24 bits per heavy atom. The largest absolute Gasteiger partial charge is 0.490 e. The Labute approximate surface area is 197 Å². The lowest BCUT2D eigenvalue weighted by molar-refractivity contribution is -0.127. The molecular formula is C24H30N4O4S. The smallest absolute Gasteiger partial charge is 0.241 e. The first kappa shape index (κ1) is 23.3. The van der Waals surface area contributed by atoms with Crippen LogP contribution in [0, 0.1) is 5.92 Å². The topological polar surface area (TPSA) is 89.7 Å². The predicted octanol–water partition coefficient (Wildman–Crippen LogP) is 4.12. The molecule has 1 fully saturated rings. The van der Waals surface area contributed by atoms with E-state index in [-0.39, 0.29) is 11.8 Å². The van der Waals surface area contributed by atoms with Gasteiger partial charge in [-0.3, -0.25) is 9.69 Å². The van der Waals surface area contributed by atoms with Crippen molar-refractivity contribution in [2.24, 2.45) is 5.92 Å². The highest BCUT2D eigenvalue weighted by Crippen LogP contribution is 2.29. The minimum Gasteiger partial charge on any atom is -0.490 e. The maximum absolute atomic E-state index is 12.9. The van der Waals surface area contributed by atoms with Crippen molar-refractivity contribution in [1.82, 2.24) is 20.4 Å². The number of aromatic nitrogens is 2. The van der Waals surface area contributed by atoms with Crippen LogP contribution in [-0.2, 0) is 17.9 Å². The quantitative estimate of drug-likeness (QED) is 0.477. The van der Waals surface area contributed by atoms with Crippen molar-refractivity contribution < 1.29 is 18.8 Å². The molecule has 1 N–H and O–H groups in total. The summed E-state index contributed by atoms with van der Waals surface area (Å²) < 4.78 is 16.7. The molecule has 0 bridgehead atoms. The van der Waals surface area contributed by atoms with Gasteiger partial charge >= 0.3 is 0 Å². The van der Waals surface area contributed by atoms with Crippen molar-refractivity contribution in [1.29, 1.82) is 0 Å². The Morgan fingerprint density at radius 2 is 2.09 bits per heavy atom. The molecule has 0 aliphatic carbocycles. The molecule has 3 aromatic rings. The zero-order valence-corrected chi connectivity index (χ0v) is 19.9. The lowest BCUT2D eigenvalue weighted by Crippen LogP contribution is -2.42. The summed E-state index contributed by atoms with van der Waals surface area (Å²) in [4.78, 5) is 20.6. The lowest BCUT2D eigenvalue weighted by Gasteiger charge is -2.30. The van der Waals surface area contributed by atoms with Gasteiger partial charge in [-0.25, -0.2) is 0 Å². The zero-order chi connectivity index (χ0) is 23.0. The van der Waals surface area contributed by atoms with Crippen LogP contribution >= 0.6 is 11.3 Å². The van der Waals surface area contributed by atoms with E-state index in [0.717, 1.165) is 35.6 Å². The van der Waals surface area contributed by atoms with Crippen LogP contribution in [0.5, 0.6) is 11.5 Å². The van der Waals surface area contributed by atoms with Gasteiger partial charge in [0.2, 0.25) is 17.6 Å². The maximum Gasteiger partial charge on any atom is 0.241 e. The third-order valence-electron chi connectivity index (χ3n) is 5.52. The highest BCUT2D eigenvalue weighted by atomic mass is 32.1. The van der Waals surface area contributed by atoms with Crippen LogP contribution in [0.2, 0.25) is 0 Å². The van der Waals surface area contributed by atoms with Gasteiger partial charge in [-0.15, -0.1) is 11.3 Å². The number of amides is 1. The van der Waals surface area contributed by atoms with Crippen LogP contribution in [0.3, 0.4) is 0 Å². The monoisotopic (exact) mass is 470 g/mol. The molecule has 0 saturated carbocycles. The van der Waals surface area contributed by atoms with E-state index < -0.39 is 0 Å². The molecular weight excluding hydrogens is 440 g/mol. The molecule has 1 aromatic carbocycles. The first-order valence-corrected chi connectivity index (χ1v) is 12.3. The molecule has 176 valence electrons. The molecule has 2 aromatic heterocycles. The first-order valence-electron chi connectivity index (χ1n) is 11.4. The molecule has 1 unspecified atom stereocenters. The lowest BCUT2D eigenvalue weighted by atomic mass is 9.97. The molecule has 9 heteroatoms. The number of thiophene rings is 1. The van der Waals surface area contributed by atoms with Crippen molar-refractivity contribution in [2.45, 2.75) is 39.8 Å². The Bertz CT molecular complexity index is 1040. The van der Waals surface area contributed by atoms with Gasteiger partial charge in [0.1, 0.15) is 0 Å².